The Morgan fingerprint density at radius 1 is 0.889 bits per heavy atom. The third-order valence-corrected chi connectivity index (χ3v) is 3.88. The van der Waals surface area contributed by atoms with Crippen LogP contribution in [0.2, 0.25) is 20.1 Å². The molecule has 0 atom stereocenters. The molecule has 0 aliphatic heterocycles. The first-order valence-electron chi connectivity index (χ1n) is 4.93. The molecule has 0 unspecified atom stereocenters. The summed E-state index contributed by atoms with van der Waals surface area (Å²) in [6.45, 7) is 0. The smallest absolute Gasteiger partial charge is 0.151 e. The van der Waals surface area contributed by atoms with Crippen LogP contribution in [0.1, 0.15) is 10.4 Å². The third-order valence-electron chi connectivity index (χ3n) is 2.44. The first-order chi connectivity index (χ1) is 8.54. The molecule has 0 amide bonds. The van der Waals surface area contributed by atoms with Gasteiger partial charge < -0.3 is 0 Å². The molecule has 0 bridgehead atoms. The zero-order chi connectivity index (χ0) is 13.3. The van der Waals surface area contributed by atoms with Crippen molar-refractivity contribution in [1.82, 2.24) is 0 Å². The molecule has 0 fully saturated rings. The Labute approximate surface area is 124 Å². The van der Waals surface area contributed by atoms with Crippen molar-refractivity contribution in [2.75, 3.05) is 0 Å². The molecule has 2 rings (SSSR count). The van der Waals surface area contributed by atoms with Crippen molar-refractivity contribution in [2.45, 2.75) is 0 Å². The van der Waals surface area contributed by atoms with Crippen LogP contribution in [0.15, 0.2) is 30.3 Å². The van der Waals surface area contributed by atoms with Crippen molar-refractivity contribution < 1.29 is 4.79 Å². The van der Waals surface area contributed by atoms with Crippen LogP contribution >= 0.6 is 46.4 Å². The van der Waals surface area contributed by atoms with Gasteiger partial charge in [-0.2, -0.15) is 0 Å². The lowest BCUT2D eigenvalue weighted by molar-refractivity contribution is 0.112. The summed E-state index contributed by atoms with van der Waals surface area (Å²) in [5, 5.41) is 1.47. The van der Waals surface area contributed by atoms with Gasteiger partial charge in [-0.15, -0.1) is 0 Å². The van der Waals surface area contributed by atoms with Crippen molar-refractivity contribution in [3.05, 3.63) is 56.0 Å². The molecule has 2 aromatic rings. The number of hydrogen-bond acceptors (Lipinski definition) is 1. The summed E-state index contributed by atoms with van der Waals surface area (Å²) in [5.41, 5.74) is 1.61. The number of carbonyl (C=O) groups is 1. The van der Waals surface area contributed by atoms with Crippen molar-refractivity contribution in [3.63, 3.8) is 0 Å². The largest absolute Gasteiger partial charge is 0.298 e. The fourth-order valence-electron chi connectivity index (χ4n) is 1.60. The quantitative estimate of drug-likeness (QED) is 0.506. The van der Waals surface area contributed by atoms with E-state index < -0.39 is 0 Å². The SMILES string of the molecule is O=Cc1cccc(-c2cc(Cl)cc(Cl)c2Cl)c1Cl. The summed E-state index contributed by atoms with van der Waals surface area (Å²) in [4.78, 5) is 10.9. The molecule has 0 saturated carbocycles. The predicted octanol–water partition coefficient (Wildman–Crippen LogP) is 5.78. The van der Waals surface area contributed by atoms with E-state index in [1.165, 1.54) is 0 Å². The zero-order valence-corrected chi connectivity index (χ0v) is 11.9. The molecule has 0 radical (unpaired) electrons. The molecule has 0 aliphatic rings. The van der Waals surface area contributed by atoms with E-state index in [9.17, 15) is 4.79 Å². The van der Waals surface area contributed by atoms with Crippen molar-refractivity contribution >= 4 is 52.7 Å². The van der Waals surface area contributed by atoms with Gasteiger partial charge in [-0.1, -0.05) is 64.6 Å². The number of rotatable bonds is 2. The van der Waals surface area contributed by atoms with E-state index in [0.29, 0.717) is 43.1 Å². The first kappa shape index (κ1) is 13.7. The Balaban J connectivity index is 2.73. The lowest BCUT2D eigenvalue weighted by Crippen LogP contribution is -1.88. The minimum Gasteiger partial charge on any atom is -0.298 e. The second-order valence-corrected chi connectivity index (χ2v) is 5.18. The van der Waals surface area contributed by atoms with E-state index >= 15 is 0 Å². The zero-order valence-electron chi connectivity index (χ0n) is 8.88. The summed E-state index contributed by atoms with van der Waals surface area (Å²) >= 11 is 24.2. The normalized spacial score (nSPS) is 10.4. The third kappa shape index (κ3) is 2.50. The number of hydrogen-bond donors (Lipinski definition) is 0. The maximum atomic E-state index is 10.9. The first-order valence-corrected chi connectivity index (χ1v) is 6.44. The van der Waals surface area contributed by atoms with Gasteiger partial charge in [0.25, 0.3) is 0 Å². The molecule has 0 N–H and O–H groups in total. The Bertz CT molecular complexity index is 623. The summed E-state index contributed by atoms with van der Waals surface area (Å²) < 4.78 is 0. The fraction of sp³-hybridized carbons (Fsp3) is 0. The Hall–Kier alpha value is -0.730. The molecule has 2 aromatic carbocycles. The molecule has 18 heavy (non-hydrogen) atoms. The minimum atomic E-state index is 0.327. The van der Waals surface area contributed by atoms with Gasteiger partial charge in [0, 0.05) is 21.7 Å². The lowest BCUT2D eigenvalue weighted by atomic mass is 10.0. The molecule has 0 aromatic heterocycles. The summed E-state index contributed by atoms with van der Waals surface area (Å²) in [7, 11) is 0. The Morgan fingerprint density at radius 3 is 2.28 bits per heavy atom. The maximum absolute atomic E-state index is 10.9. The number of benzene rings is 2. The van der Waals surface area contributed by atoms with Crippen molar-refractivity contribution in [2.24, 2.45) is 0 Å². The molecular formula is C13H6Cl4O. The van der Waals surface area contributed by atoms with Crippen LogP contribution in [0.3, 0.4) is 0 Å². The van der Waals surface area contributed by atoms with Gasteiger partial charge in [0.2, 0.25) is 0 Å². The lowest BCUT2D eigenvalue weighted by Gasteiger charge is -2.10. The molecule has 5 heteroatoms. The van der Waals surface area contributed by atoms with E-state index in [1.54, 1.807) is 30.3 Å². The van der Waals surface area contributed by atoms with Gasteiger partial charge >= 0.3 is 0 Å². The van der Waals surface area contributed by atoms with E-state index in [4.69, 9.17) is 46.4 Å². The topological polar surface area (TPSA) is 17.1 Å². The molecule has 92 valence electrons. The van der Waals surface area contributed by atoms with Crippen LogP contribution in [0.4, 0.5) is 0 Å². The highest BCUT2D eigenvalue weighted by Crippen LogP contribution is 2.39. The van der Waals surface area contributed by atoms with E-state index in [-0.39, 0.29) is 0 Å². The average molecular weight is 320 g/mol. The van der Waals surface area contributed by atoms with E-state index in [0.717, 1.165) is 0 Å². The molecule has 0 saturated heterocycles. The molecule has 0 spiro atoms. The van der Waals surface area contributed by atoms with Gasteiger partial charge in [0.05, 0.1) is 15.1 Å². The summed E-state index contributed by atoms with van der Waals surface area (Å²) in [6.07, 6.45) is 0.686. The second kappa shape index (κ2) is 5.50. The molecule has 1 nitrogen and oxygen atoms in total. The predicted molar refractivity (Wildman–Crippen MR) is 77.3 cm³/mol. The van der Waals surface area contributed by atoms with Crippen LogP contribution in [-0.2, 0) is 0 Å². The van der Waals surface area contributed by atoms with Gasteiger partial charge in [0.1, 0.15) is 0 Å². The van der Waals surface area contributed by atoms with E-state index in [1.807, 2.05) is 0 Å². The van der Waals surface area contributed by atoms with Crippen molar-refractivity contribution in [1.29, 1.82) is 0 Å². The van der Waals surface area contributed by atoms with Crippen LogP contribution in [0.25, 0.3) is 11.1 Å². The summed E-state index contributed by atoms with van der Waals surface area (Å²) in [6, 6.07) is 8.30. The van der Waals surface area contributed by atoms with Crippen LogP contribution in [0.5, 0.6) is 0 Å². The highest BCUT2D eigenvalue weighted by Gasteiger charge is 2.13. The fourth-order valence-corrected chi connectivity index (χ4v) is 2.58. The van der Waals surface area contributed by atoms with E-state index in [2.05, 4.69) is 0 Å². The number of aldehydes is 1. The minimum absolute atomic E-state index is 0.327. The van der Waals surface area contributed by atoms with Crippen LogP contribution in [0, 0.1) is 0 Å². The van der Waals surface area contributed by atoms with Gasteiger partial charge in [-0.3, -0.25) is 4.79 Å². The standard InChI is InChI=1S/C13H6Cl4O/c14-8-4-10(13(17)11(15)5-8)9-3-1-2-7(6-18)12(9)16/h1-6H. The molecule has 0 aliphatic carbocycles. The molecular weight excluding hydrogens is 314 g/mol. The van der Waals surface area contributed by atoms with Crippen molar-refractivity contribution in [3.8, 4) is 11.1 Å². The van der Waals surface area contributed by atoms with Gasteiger partial charge in [0.15, 0.2) is 6.29 Å². The van der Waals surface area contributed by atoms with Gasteiger partial charge in [-0.25, -0.2) is 0 Å². The molecule has 0 heterocycles. The highest BCUT2D eigenvalue weighted by atomic mass is 35.5. The number of carbonyl (C=O) groups excluding carboxylic acids is 1. The Morgan fingerprint density at radius 2 is 1.61 bits per heavy atom. The van der Waals surface area contributed by atoms with Crippen LogP contribution in [-0.4, -0.2) is 6.29 Å². The highest BCUT2D eigenvalue weighted by molar-refractivity contribution is 6.45. The maximum Gasteiger partial charge on any atom is 0.151 e. The monoisotopic (exact) mass is 318 g/mol. The van der Waals surface area contributed by atoms with Crippen LogP contribution < -0.4 is 0 Å². The average Bonchev–Trinajstić information content (AvgIpc) is 2.34. The number of halogens is 4. The summed E-state index contributed by atoms with van der Waals surface area (Å²) in [5.74, 6) is 0. The Kier molecular flexibility index (Phi) is 4.18. The second-order valence-electron chi connectivity index (χ2n) is 3.58. The van der Waals surface area contributed by atoms with Gasteiger partial charge in [-0.05, 0) is 12.1 Å².